The highest BCUT2D eigenvalue weighted by atomic mass is 32.1. The van der Waals surface area contributed by atoms with Gasteiger partial charge < -0.3 is 57.8 Å². The molecule has 0 heterocycles. The van der Waals surface area contributed by atoms with Crippen molar-refractivity contribution in [3.63, 3.8) is 0 Å². The Morgan fingerprint density at radius 2 is 0.923 bits per heavy atom. The van der Waals surface area contributed by atoms with Crippen molar-refractivity contribution >= 4 is 54.4 Å². The minimum Gasteiger partial charge on any atom is -0.462 e. The fourth-order valence-electron chi connectivity index (χ4n) is 9.49. The molecule has 0 aliphatic heterocycles. The smallest absolute Gasteiger partial charge is 0.306 e. The fraction of sp³-hybridized carbons (Fsp3) is 0.883. The van der Waals surface area contributed by atoms with Crippen molar-refractivity contribution in [3.8, 4) is 0 Å². The second kappa shape index (κ2) is 54.4. The summed E-state index contributed by atoms with van der Waals surface area (Å²) < 4.78 is 11.5. The van der Waals surface area contributed by atoms with Crippen LogP contribution in [0.5, 0.6) is 0 Å². The average molecular weight is 1130 g/mol. The molecule has 78 heavy (non-hydrogen) atoms. The van der Waals surface area contributed by atoms with Crippen molar-refractivity contribution in [2.45, 2.75) is 288 Å². The number of carbonyl (C=O) groups excluding carboxylic acids is 7. The number of hydrogen-bond donors (Lipinski definition) is 9. The van der Waals surface area contributed by atoms with E-state index in [0.29, 0.717) is 83.7 Å². The highest BCUT2D eigenvalue weighted by Crippen LogP contribution is 2.19. The summed E-state index contributed by atoms with van der Waals surface area (Å²) in [6, 6.07) is -4.15. The molecule has 6 atom stereocenters. The predicted molar refractivity (Wildman–Crippen MR) is 318 cm³/mol. The third-order valence-corrected chi connectivity index (χ3v) is 14.9. The van der Waals surface area contributed by atoms with Gasteiger partial charge in [-0.2, -0.15) is 12.6 Å². The van der Waals surface area contributed by atoms with Crippen LogP contribution in [-0.2, 0) is 43.0 Å². The lowest BCUT2D eigenvalue weighted by atomic mass is 9.92. The van der Waals surface area contributed by atoms with E-state index in [4.69, 9.17) is 26.7 Å². The summed E-state index contributed by atoms with van der Waals surface area (Å²) in [5.74, 6) is -4.12. The maximum absolute atomic E-state index is 13.9. The molecule has 0 aromatic rings. The lowest BCUT2D eigenvalue weighted by Crippen LogP contribution is -2.54. The van der Waals surface area contributed by atoms with E-state index in [-0.39, 0.29) is 57.0 Å². The number of ketones is 1. The molecule has 0 bridgehead atoms. The van der Waals surface area contributed by atoms with Crippen LogP contribution in [0.15, 0.2) is 0 Å². The quantitative estimate of drug-likeness (QED) is 0.0119. The Bertz CT molecular complexity index is 1520. The zero-order chi connectivity index (χ0) is 57.7. The number of ether oxygens (including phenoxy) is 2. The Balaban J connectivity index is 5.65. The van der Waals surface area contributed by atoms with Crippen LogP contribution in [0.2, 0.25) is 0 Å². The zero-order valence-corrected chi connectivity index (χ0v) is 50.1. The van der Waals surface area contributed by atoms with Gasteiger partial charge in [-0.15, -0.1) is 0 Å². The number of amides is 3. The normalized spacial score (nSPS) is 13.7. The average Bonchev–Trinajstić information content (AvgIpc) is 3.43. The summed E-state index contributed by atoms with van der Waals surface area (Å²) in [5.41, 5.74) is 17.1. The number of thiol groups is 1. The number of aliphatic hydroxyl groups is 1. The van der Waals surface area contributed by atoms with Crippen LogP contribution in [0.3, 0.4) is 0 Å². The zero-order valence-electron chi connectivity index (χ0n) is 49.2. The Morgan fingerprint density at radius 1 is 0.500 bits per heavy atom. The first-order valence-electron chi connectivity index (χ1n) is 31.2. The Morgan fingerprint density at radius 3 is 1.37 bits per heavy atom. The van der Waals surface area contributed by atoms with Gasteiger partial charge in [-0.3, -0.25) is 28.8 Å². The van der Waals surface area contributed by atoms with E-state index in [9.17, 15) is 38.7 Å². The van der Waals surface area contributed by atoms with Crippen LogP contribution < -0.4 is 38.5 Å². The van der Waals surface area contributed by atoms with Crippen molar-refractivity contribution < 1.29 is 48.1 Å². The third-order valence-electron chi connectivity index (χ3n) is 14.5. The van der Waals surface area contributed by atoms with E-state index >= 15 is 0 Å². The van der Waals surface area contributed by atoms with E-state index in [1.54, 1.807) is 0 Å². The van der Waals surface area contributed by atoms with Crippen LogP contribution in [0, 0.1) is 5.92 Å². The van der Waals surface area contributed by atoms with Crippen molar-refractivity contribution in [2.75, 3.05) is 45.1 Å². The molecule has 5 unspecified atom stereocenters. The molecule has 3 amide bonds. The summed E-state index contributed by atoms with van der Waals surface area (Å²) in [7, 11) is 0. The van der Waals surface area contributed by atoms with Crippen molar-refractivity contribution in [3.05, 3.63) is 0 Å². The number of nitrogens with one attached hydrogen (secondary N) is 4. The molecule has 0 spiro atoms. The number of unbranched alkanes of at least 4 members (excludes halogenated alkanes) is 27. The Kier molecular flexibility index (Phi) is 52.2. The van der Waals surface area contributed by atoms with Gasteiger partial charge in [0.25, 0.3) is 0 Å². The van der Waals surface area contributed by atoms with Crippen LogP contribution in [0.25, 0.3) is 0 Å². The number of aliphatic hydroxyl groups excluding tert-OH is 1. The summed E-state index contributed by atoms with van der Waals surface area (Å²) in [5, 5.41) is 21.6. The minimum absolute atomic E-state index is 0.0354. The molecule has 18 heteroatoms. The van der Waals surface area contributed by atoms with Gasteiger partial charge in [0.2, 0.25) is 17.7 Å². The summed E-state index contributed by atoms with van der Waals surface area (Å²) in [4.78, 5) is 92.8. The van der Waals surface area contributed by atoms with Crippen LogP contribution in [-0.4, -0.2) is 122 Å². The second-order valence-corrected chi connectivity index (χ2v) is 22.1. The van der Waals surface area contributed by atoms with Crippen LogP contribution in [0.1, 0.15) is 258 Å². The maximum Gasteiger partial charge on any atom is 0.306 e. The van der Waals surface area contributed by atoms with E-state index in [1.165, 1.54) is 116 Å². The van der Waals surface area contributed by atoms with E-state index in [0.717, 1.165) is 38.5 Å². The largest absolute Gasteiger partial charge is 0.462 e. The number of esters is 2. The van der Waals surface area contributed by atoms with Gasteiger partial charge in [0, 0.05) is 37.5 Å². The first kappa shape index (κ1) is 74.8. The molecule has 0 fully saturated rings. The molecule has 0 aromatic heterocycles. The molecule has 11 N–H and O–H groups in total. The summed E-state index contributed by atoms with van der Waals surface area (Å²) >= 11 is 4.39. The minimum atomic E-state index is -1.38. The molecule has 0 saturated heterocycles. The Hall–Kier alpha value is -3.16. The molecule has 0 rings (SSSR count). The Labute approximate surface area is 478 Å². The monoisotopic (exact) mass is 1130 g/mol. The van der Waals surface area contributed by atoms with Gasteiger partial charge in [-0.05, 0) is 83.8 Å². The second-order valence-electron chi connectivity index (χ2n) is 21.7. The molecule has 0 saturated carbocycles. The van der Waals surface area contributed by atoms with Gasteiger partial charge in [-0.1, -0.05) is 174 Å². The molecular formula is C60H115N7O10S. The van der Waals surface area contributed by atoms with Gasteiger partial charge in [0.05, 0.1) is 18.7 Å². The standard InChI is InChI=1S/C60H115N7O10S/c1-3-5-7-9-11-13-15-17-19-21-23-25-27-38-56(71)76-47-51(77-57(72)39-28-26-24-22-20-18-16-14-12-10-8-6-4-2)44-64-54(48-78)60(75)67-53(46-69)55(70)43-49(35-29-32-40-61)58(73)66-52(37-31-34-42-63)59(74)65-50(45-68)36-30-33-41-62/h45,49-54,64,69,78H,3-44,46-48,61-63H2,1-2H3,(H,65,74)(H,66,73)(H,67,75)/t49?,50?,51?,52?,53?,54-/m0/s1. The molecule has 17 nitrogen and oxygen atoms in total. The molecule has 456 valence electrons. The molecule has 0 aromatic carbocycles. The topological polar surface area (TPSA) is 284 Å². The number of rotatable bonds is 58. The molecule has 0 aliphatic rings. The van der Waals surface area contributed by atoms with Crippen LogP contribution >= 0.6 is 12.6 Å². The first-order chi connectivity index (χ1) is 37.9. The van der Waals surface area contributed by atoms with E-state index in [2.05, 4.69) is 47.7 Å². The SMILES string of the molecule is CCCCCCCCCCCCCCCC(=O)OCC(CN[C@@H](CS)C(=O)NC(CO)C(=O)CC(CCCCN)C(=O)NC(CCCCN)C(=O)NC(C=O)CCCCN)OC(=O)CCCCCCCCCCCCCCC. The van der Waals surface area contributed by atoms with E-state index in [1.807, 2.05) is 0 Å². The molecule has 0 aliphatic carbocycles. The molecule has 0 radical (unpaired) electrons. The molecular weight excluding hydrogens is 1010 g/mol. The van der Waals surface area contributed by atoms with Crippen LogP contribution in [0.4, 0.5) is 0 Å². The summed E-state index contributed by atoms with van der Waals surface area (Å²) in [6.07, 6.45) is 35.1. The van der Waals surface area contributed by atoms with E-state index < -0.39 is 72.3 Å². The number of hydrogen-bond acceptors (Lipinski definition) is 15. The first-order valence-corrected chi connectivity index (χ1v) is 31.9. The predicted octanol–water partition coefficient (Wildman–Crippen LogP) is 8.90. The van der Waals surface area contributed by atoms with Crippen molar-refractivity contribution in [2.24, 2.45) is 23.1 Å². The maximum atomic E-state index is 13.9. The summed E-state index contributed by atoms with van der Waals surface area (Å²) in [6.45, 7) is 4.65. The number of aldehydes is 1. The van der Waals surface area contributed by atoms with Gasteiger partial charge in [0.1, 0.15) is 31.1 Å². The van der Waals surface area contributed by atoms with Crippen molar-refractivity contribution in [1.29, 1.82) is 0 Å². The number of carbonyl (C=O) groups is 7. The van der Waals surface area contributed by atoms with Gasteiger partial charge in [-0.25, -0.2) is 0 Å². The van der Waals surface area contributed by atoms with Gasteiger partial charge >= 0.3 is 11.9 Å². The number of Topliss-reactive ketones (excluding diaryl/α,β-unsaturated/α-hetero) is 1. The van der Waals surface area contributed by atoms with Crippen molar-refractivity contribution in [1.82, 2.24) is 21.3 Å². The van der Waals surface area contributed by atoms with Gasteiger partial charge in [0.15, 0.2) is 5.78 Å². The number of nitrogens with two attached hydrogens (primary N) is 3. The third kappa shape index (κ3) is 42.7. The highest BCUT2D eigenvalue weighted by Gasteiger charge is 2.32. The fourth-order valence-corrected chi connectivity index (χ4v) is 9.78. The highest BCUT2D eigenvalue weighted by molar-refractivity contribution is 7.80. The lowest BCUT2D eigenvalue weighted by molar-refractivity contribution is -0.159. The lowest BCUT2D eigenvalue weighted by Gasteiger charge is -2.26.